The van der Waals surface area contributed by atoms with Gasteiger partial charge in [0.1, 0.15) is 0 Å². The highest BCUT2D eigenvalue weighted by atomic mass is 32.1. The van der Waals surface area contributed by atoms with Crippen molar-refractivity contribution < 1.29 is 4.79 Å². The second kappa shape index (κ2) is 3.54. The predicted octanol–water partition coefficient (Wildman–Crippen LogP) is 3.58. The first-order chi connectivity index (χ1) is 6.77. The largest absolute Gasteiger partial charge is 0.297 e. The van der Waals surface area contributed by atoms with Gasteiger partial charge in [-0.25, -0.2) is 0 Å². The summed E-state index contributed by atoms with van der Waals surface area (Å²) < 4.78 is 1.26. The number of thiophene rings is 1. The van der Waals surface area contributed by atoms with Gasteiger partial charge in [-0.2, -0.15) is 0 Å². The zero-order valence-electron chi connectivity index (χ0n) is 8.33. The molecular formula is C12H12OS. The molecule has 0 bridgehead atoms. The Bertz CT molecular complexity index is 482. The molecule has 0 atom stereocenters. The Balaban J connectivity index is 2.86. The molecular weight excluding hydrogens is 192 g/mol. The van der Waals surface area contributed by atoms with Crippen molar-refractivity contribution in [1.29, 1.82) is 0 Å². The van der Waals surface area contributed by atoms with E-state index in [1.807, 2.05) is 0 Å². The highest BCUT2D eigenvalue weighted by molar-refractivity contribution is 7.21. The number of benzene rings is 1. The molecule has 1 aromatic carbocycles. The van der Waals surface area contributed by atoms with Crippen molar-refractivity contribution in [1.82, 2.24) is 0 Å². The summed E-state index contributed by atoms with van der Waals surface area (Å²) in [5.41, 5.74) is 2.46. The number of rotatable bonds is 2. The van der Waals surface area contributed by atoms with Crippen LogP contribution in [0.4, 0.5) is 0 Å². The van der Waals surface area contributed by atoms with Crippen LogP contribution >= 0.6 is 11.3 Å². The summed E-state index contributed by atoms with van der Waals surface area (Å²) in [6.45, 7) is 4.18. The SMILES string of the molecule is CCc1c(C=O)sc2c(C)cccc12. The molecule has 0 N–H and O–H groups in total. The summed E-state index contributed by atoms with van der Waals surface area (Å²) in [5, 5.41) is 1.25. The maximum Gasteiger partial charge on any atom is 0.160 e. The lowest BCUT2D eigenvalue weighted by Gasteiger charge is -1.96. The van der Waals surface area contributed by atoms with Crippen molar-refractivity contribution in [2.24, 2.45) is 0 Å². The minimum atomic E-state index is 0.886. The molecule has 0 fully saturated rings. The molecule has 0 saturated carbocycles. The van der Waals surface area contributed by atoms with E-state index in [-0.39, 0.29) is 0 Å². The van der Waals surface area contributed by atoms with Crippen LogP contribution in [-0.2, 0) is 6.42 Å². The Morgan fingerprint density at radius 3 is 2.86 bits per heavy atom. The molecule has 0 aliphatic heterocycles. The minimum Gasteiger partial charge on any atom is -0.297 e. The van der Waals surface area contributed by atoms with E-state index in [1.54, 1.807) is 11.3 Å². The average Bonchev–Trinajstić information content (AvgIpc) is 2.57. The van der Waals surface area contributed by atoms with Gasteiger partial charge in [-0.3, -0.25) is 4.79 Å². The molecule has 14 heavy (non-hydrogen) atoms. The first kappa shape index (κ1) is 9.41. The van der Waals surface area contributed by atoms with E-state index in [9.17, 15) is 4.79 Å². The summed E-state index contributed by atoms with van der Waals surface area (Å²) in [5.74, 6) is 0. The van der Waals surface area contributed by atoms with E-state index >= 15 is 0 Å². The Kier molecular flexibility index (Phi) is 2.38. The molecule has 0 spiro atoms. The maximum atomic E-state index is 10.9. The number of hydrogen-bond acceptors (Lipinski definition) is 2. The smallest absolute Gasteiger partial charge is 0.160 e. The number of carbonyl (C=O) groups excluding carboxylic acids is 1. The first-order valence-corrected chi connectivity index (χ1v) is 5.55. The second-order valence-corrected chi connectivity index (χ2v) is 4.42. The number of fused-ring (bicyclic) bond motifs is 1. The van der Waals surface area contributed by atoms with Crippen molar-refractivity contribution in [2.75, 3.05) is 0 Å². The summed E-state index contributed by atoms with van der Waals surface area (Å²) in [6, 6.07) is 6.25. The van der Waals surface area contributed by atoms with Gasteiger partial charge in [0.25, 0.3) is 0 Å². The van der Waals surface area contributed by atoms with Crippen LogP contribution in [0.5, 0.6) is 0 Å². The summed E-state index contributed by atoms with van der Waals surface area (Å²) in [6.07, 6.45) is 1.90. The van der Waals surface area contributed by atoms with Crippen LogP contribution in [0.1, 0.15) is 27.7 Å². The van der Waals surface area contributed by atoms with Crippen LogP contribution in [0.15, 0.2) is 18.2 Å². The molecule has 1 aromatic heterocycles. The van der Waals surface area contributed by atoms with Gasteiger partial charge in [0.2, 0.25) is 0 Å². The third kappa shape index (κ3) is 1.26. The molecule has 2 heteroatoms. The van der Waals surface area contributed by atoms with E-state index in [4.69, 9.17) is 0 Å². The first-order valence-electron chi connectivity index (χ1n) is 4.74. The van der Waals surface area contributed by atoms with Crippen LogP contribution in [-0.4, -0.2) is 6.29 Å². The summed E-state index contributed by atoms with van der Waals surface area (Å²) in [4.78, 5) is 11.8. The van der Waals surface area contributed by atoms with Gasteiger partial charge in [-0.05, 0) is 29.9 Å². The van der Waals surface area contributed by atoms with Gasteiger partial charge >= 0.3 is 0 Å². The fourth-order valence-electron chi connectivity index (χ4n) is 1.79. The Morgan fingerprint density at radius 2 is 2.21 bits per heavy atom. The molecule has 0 amide bonds. The van der Waals surface area contributed by atoms with Gasteiger partial charge in [0, 0.05) is 4.70 Å². The Morgan fingerprint density at radius 1 is 1.43 bits per heavy atom. The number of hydrogen-bond donors (Lipinski definition) is 0. The normalized spacial score (nSPS) is 10.7. The standard InChI is InChI=1S/C12H12OS/c1-3-9-10-6-4-5-8(2)12(10)14-11(9)7-13/h4-7H,3H2,1-2H3. The molecule has 0 aliphatic carbocycles. The van der Waals surface area contributed by atoms with Crippen LogP contribution in [0.25, 0.3) is 10.1 Å². The average molecular weight is 204 g/mol. The highest BCUT2D eigenvalue weighted by Gasteiger charge is 2.10. The van der Waals surface area contributed by atoms with E-state index in [0.717, 1.165) is 17.6 Å². The lowest BCUT2D eigenvalue weighted by Crippen LogP contribution is -1.83. The van der Waals surface area contributed by atoms with Gasteiger partial charge in [-0.1, -0.05) is 25.1 Å². The van der Waals surface area contributed by atoms with Crippen molar-refractivity contribution in [3.8, 4) is 0 Å². The maximum absolute atomic E-state index is 10.9. The highest BCUT2D eigenvalue weighted by Crippen LogP contribution is 2.32. The molecule has 1 heterocycles. The predicted molar refractivity (Wildman–Crippen MR) is 61.3 cm³/mol. The molecule has 0 unspecified atom stereocenters. The third-order valence-electron chi connectivity index (χ3n) is 2.51. The quantitative estimate of drug-likeness (QED) is 0.683. The zero-order valence-corrected chi connectivity index (χ0v) is 9.15. The number of aryl methyl sites for hydroxylation is 2. The van der Waals surface area contributed by atoms with Gasteiger partial charge in [0.15, 0.2) is 6.29 Å². The Hall–Kier alpha value is -1.15. The van der Waals surface area contributed by atoms with Crippen molar-refractivity contribution in [3.63, 3.8) is 0 Å². The van der Waals surface area contributed by atoms with Gasteiger partial charge < -0.3 is 0 Å². The lowest BCUT2D eigenvalue weighted by molar-refractivity contribution is 0.112. The van der Waals surface area contributed by atoms with Crippen molar-refractivity contribution in [3.05, 3.63) is 34.2 Å². The zero-order chi connectivity index (χ0) is 10.1. The monoisotopic (exact) mass is 204 g/mol. The second-order valence-electron chi connectivity index (χ2n) is 3.37. The van der Waals surface area contributed by atoms with Crippen LogP contribution in [0.3, 0.4) is 0 Å². The molecule has 1 nitrogen and oxygen atoms in total. The Labute approximate surface area is 87.4 Å². The fraction of sp³-hybridized carbons (Fsp3) is 0.250. The third-order valence-corrected chi connectivity index (χ3v) is 3.82. The molecule has 0 saturated heterocycles. The molecule has 0 radical (unpaired) electrons. The van der Waals surface area contributed by atoms with E-state index < -0.39 is 0 Å². The van der Waals surface area contributed by atoms with Crippen molar-refractivity contribution >= 4 is 27.7 Å². The van der Waals surface area contributed by atoms with Crippen LogP contribution in [0, 0.1) is 6.92 Å². The lowest BCUT2D eigenvalue weighted by atomic mass is 10.1. The molecule has 0 aliphatic rings. The fourth-order valence-corrected chi connectivity index (χ4v) is 2.97. The summed E-state index contributed by atoms with van der Waals surface area (Å²) >= 11 is 1.61. The summed E-state index contributed by atoms with van der Waals surface area (Å²) in [7, 11) is 0. The number of aldehydes is 1. The molecule has 2 rings (SSSR count). The van der Waals surface area contributed by atoms with E-state index in [2.05, 4.69) is 32.0 Å². The van der Waals surface area contributed by atoms with Gasteiger partial charge in [0.05, 0.1) is 4.88 Å². The van der Waals surface area contributed by atoms with Gasteiger partial charge in [-0.15, -0.1) is 11.3 Å². The molecule has 72 valence electrons. The van der Waals surface area contributed by atoms with E-state index in [0.29, 0.717) is 0 Å². The van der Waals surface area contributed by atoms with Crippen LogP contribution < -0.4 is 0 Å². The molecule has 2 aromatic rings. The van der Waals surface area contributed by atoms with Crippen molar-refractivity contribution in [2.45, 2.75) is 20.3 Å². The van der Waals surface area contributed by atoms with Crippen LogP contribution in [0.2, 0.25) is 0 Å². The number of carbonyl (C=O) groups is 1. The minimum absolute atomic E-state index is 0.886. The van der Waals surface area contributed by atoms with E-state index in [1.165, 1.54) is 21.2 Å². The topological polar surface area (TPSA) is 17.1 Å².